The third-order valence-electron chi connectivity index (χ3n) is 2.35. The Morgan fingerprint density at radius 2 is 2.17 bits per heavy atom. The molecule has 0 saturated carbocycles. The highest BCUT2D eigenvalue weighted by Gasteiger charge is 2.04. The third-order valence-corrected chi connectivity index (χ3v) is 3.75. The minimum absolute atomic E-state index is 0.681. The Bertz CT molecular complexity index is 546. The van der Waals surface area contributed by atoms with Crippen molar-refractivity contribution in [3.63, 3.8) is 0 Å². The van der Waals surface area contributed by atoms with Crippen molar-refractivity contribution in [2.24, 2.45) is 0 Å². The Balaban J connectivity index is 2.23. The lowest BCUT2D eigenvalue weighted by atomic mass is 10.3. The van der Waals surface area contributed by atoms with Crippen LogP contribution in [0.15, 0.2) is 41.0 Å². The van der Waals surface area contributed by atoms with E-state index in [0.717, 1.165) is 28.2 Å². The fourth-order valence-corrected chi connectivity index (χ4v) is 2.08. The molecule has 0 fully saturated rings. The summed E-state index contributed by atoms with van der Waals surface area (Å²) in [7, 11) is 0. The fourth-order valence-electron chi connectivity index (χ4n) is 1.54. The standard InChI is InChI=1S/C13H13BrClN3/c1-2-16-12-8-9(6-7-17-12)18-11-5-3-4-10(15)13(11)14/h3-8H,2H2,1H3,(H2,16,17,18). The summed E-state index contributed by atoms with van der Waals surface area (Å²) in [6, 6.07) is 9.57. The van der Waals surface area contributed by atoms with Crippen molar-refractivity contribution < 1.29 is 0 Å². The smallest absolute Gasteiger partial charge is 0.127 e. The molecule has 5 heteroatoms. The molecule has 0 aliphatic rings. The van der Waals surface area contributed by atoms with E-state index < -0.39 is 0 Å². The summed E-state index contributed by atoms with van der Waals surface area (Å²) in [6.07, 6.45) is 1.76. The molecule has 0 aliphatic carbocycles. The van der Waals surface area contributed by atoms with Crippen molar-refractivity contribution in [3.05, 3.63) is 46.0 Å². The van der Waals surface area contributed by atoms with Crippen LogP contribution in [0.3, 0.4) is 0 Å². The summed E-state index contributed by atoms with van der Waals surface area (Å²) in [4.78, 5) is 4.22. The second-order valence-corrected chi connectivity index (χ2v) is 4.89. The number of rotatable bonds is 4. The van der Waals surface area contributed by atoms with E-state index in [1.165, 1.54) is 0 Å². The van der Waals surface area contributed by atoms with Crippen LogP contribution in [0.5, 0.6) is 0 Å². The maximum Gasteiger partial charge on any atom is 0.127 e. The van der Waals surface area contributed by atoms with Crippen molar-refractivity contribution in [2.75, 3.05) is 17.2 Å². The highest BCUT2D eigenvalue weighted by atomic mass is 79.9. The van der Waals surface area contributed by atoms with Gasteiger partial charge < -0.3 is 10.6 Å². The lowest BCUT2D eigenvalue weighted by Crippen LogP contribution is -2.00. The Kier molecular flexibility index (Phi) is 4.44. The molecule has 1 aromatic carbocycles. The number of benzene rings is 1. The largest absolute Gasteiger partial charge is 0.370 e. The van der Waals surface area contributed by atoms with Crippen LogP contribution in [-0.2, 0) is 0 Å². The predicted molar refractivity (Wildman–Crippen MR) is 80.8 cm³/mol. The van der Waals surface area contributed by atoms with Gasteiger partial charge in [-0.2, -0.15) is 0 Å². The molecule has 0 saturated heterocycles. The summed E-state index contributed by atoms with van der Waals surface area (Å²) in [5, 5.41) is 7.15. The van der Waals surface area contributed by atoms with Crippen LogP contribution in [-0.4, -0.2) is 11.5 Å². The van der Waals surface area contributed by atoms with E-state index in [9.17, 15) is 0 Å². The first kappa shape index (κ1) is 13.2. The maximum atomic E-state index is 6.05. The number of nitrogens with one attached hydrogen (secondary N) is 2. The van der Waals surface area contributed by atoms with Crippen molar-refractivity contribution in [2.45, 2.75) is 6.92 Å². The molecule has 0 radical (unpaired) electrons. The zero-order chi connectivity index (χ0) is 13.0. The highest BCUT2D eigenvalue weighted by molar-refractivity contribution is 9.10. The van der Waals surface area contributed by atoms with Gasteiger partial charge in [0.2, 0.25) is 0 Å². The molecule has 3 nitrogen and oxygen atoms in total. The zero-order valence-electron chi connectivity index (χ0n) is 9.87. The van der Waals surface area contributed by atoms with Crippen molar-refractivity contribution in [3.8, 4) is 0 Å². The van der Waals surface area contributed by atoms with E-state index in [1.807, 2.05) is 37.3 Å². The first-order valence-electron chi connectivity index (χ1n) is 5.61. The SMILES string of the molecule is CCNc1cc(Nc2cccc(Cl)c2Br)ccn1. The Labute approximate surface area is 120 Å². The van der Waals surface area contributed by atoms with Gasteiger partial charge >= 0.3 is 0 Å². The van der Waals surface area contributed by atoms with E-state index in [4.69, 9.17) is 11.6 Å². The summed E-state index contributed by atoms with van der Waals surface area (Å²) in [5.74, 6) is 0.848. The van der Waals surface area contributed by atoms with Crippen LogP contribution in [0.2, 0.25) is 5.02 Å². The highest BCUT2D eigenvalue weighted by Crippen LogP contribution is 2.32. The average molecular weight is 327 g/mol. The van der Waals surface area contributed by atoms with Crippen LogP contribution < -0.4 is 10.6 Å². The van der Waals surface area contributed by atoms with E-state index in [-0.39, 0.29) is 0 Å². The molecule has 0 spiro atoms. The van der Waals surface area contributed by atoms with Gasteiger partial charge in [-0.05, 0) is 41.1 Å². The Hall–Kier alpha value is -1.26. The number of anilines is 3. The lowest BCUT2D eigenvalue weighted by Gasteiger charge is -2.10. The molecule has 0 aliphatic heterocycles. The fraction of sp³-hybridized carbons (Fsp3) is 0.154. The number of hydrogen-bond donors (Lipinski definition) is 2. The van der Waals surface area contributed by atoms with E-state index >= 15 is 0 Å². The lowest BCUT2D eigenvalue weighted by molar-refractivity contribution is 1.16. The van der Waals surface area contributed by atoms with Crippen molar-refractivity contribution in [1.82, 2.24) is 4.98 Å². The molecule has 18 heavy (non-hydrogen) atoms. The van der Waals surface area contributed by atoms with Crippen molar-refractivity contribution in [1.29, 1.82) is 0 Å². The molecule has 2 N–H and O–H groups in total. The van der Waals surface area contributed by atoms with Crippen LogP contribution in [0.4, 0.5) is 17.2 Å². The number of aromatic nitrogens is 1. The third kappa shape index (κ3) is 3.15. The van der Waals surface area contributed by atoms with Gasteiger partial charge in [0.1, 0.15) is 5.82 Å². The average Bonchev–Trinajstić information content (AvgIpc) is 2.36. The number of halogens is 2. The van der Waals surface area contributed by atoms with E-state index in [0.29, 0.717) is 5.02 Å². The first-order chi connectivity index (χ1) is 8.70. The van der Waals surface area contributed by atoms with Gasteiger partial charge in [-0.25, -0.2) is 4.98 Å². The van der Waals surface area contributed by atoms with E-state index in [1.54, 1.807) is 6.20 Å². The first-order valence-corrected chi connectivity index (χ1v) is 6.78. The topological polar surface area (TPSA) is 37.0 Å². The predicted octanol–water partition coefficient (Wildman–Crippen LogP) is 4.67. The molecule has 0 atom stereocenters. The second-order valence-electron chi connectivity index (χ2n) is 3.69. The Morgan fingerprint density at radius 3 is 2.94 bits per heavy atom. The van der Waals surface area contributed by atoms with Crippen LogP contribution in [0.25, 0.3) is 0 Å². The maximum absolute atomic E-state index is 6.05. The monoisotopic (exact) mass is 325 g/mol. The molecule has 1 aromatic heterocycles. The van der Waals surface area contributed by atoms with Gasteiger partial charge in [0.05, 0.1) is 15.2 Å². The molecule has 0 bridgehead atoms. The summed E-state index contributed by atoms with van der Waals surface area (Å²) < 4.78 is 0.855. The van der Waals surface area contributed by atoms with Gasteiger partial charge in [0.25, 0.3) is 0 Å². The van der Waals surface area contributed by atoms with Gasteiger partial charge in [0.15, 0.2) is 0 Å². The number of nitrogens with zero attached hydrogens (tertiary/aromatic N) is 1. The van der Waals surface area contributed by atoms with Gasteiger partial charge in [0, 0.05) is 24.5 Å². The minimum atomic E-state index is 0.681. The van der Waals surface area contributed by atoms with Gasteiger partial charge in [-0.3, -0.25) is 0 Å². The Morgan fingerprint density at radius 1 is 1.33 bits per heavy atom. The molecular formula is C13H13BrClN3. The molecule has 2 rings (SSSR count). The normalized spacial score (nSPS) is 10.2. The summed E-state index contributed by atoms with van der Waals surface area (Å²) >= 11 is 9.51. The summed E-state index contributed by atoms with van der Waals surface area (Å²) in [5.41, 5.74) is 1.89. The summed E-state index contributed by atoms with van der Waals surface area (Å²) in [6.45, 7) is 2.88. The van der Waals surface area contributed by atoms with Gasteiger partial charge in [-0.15, -0.1) is 0 Å². The molecule has 0 unspecified atom stereocenters. The quantitative estimate of drug-likeness (QED) is 0.857. The molecule has 0 amide bonds. The molecule has 94 valence electrons. The van der Waals surface area contributed by atoms with Crippen LogP contribution >= 0.6 is 27.5 Å². The minimum Gasteiger partial charge on any atom is -0.370 e. The molecule has 2 aromatic rings. The van der Waals surface area contributed by atoms with Crippen molar-refractivity contribution >= 4 is 44.7 Å². The van der Waals surface area contributed by atoms with Crippen LogP contribution in [0, 0.1) is 0 Å². The van der Waals surface area contributed by atoms with Crippen LogP contribution in [0.1, 0.15) is 6.92 Å². The number of pyridine rings is 1. The molecular weight excluding hydrogens is 314 g/mol. The second kappa shape index (κ2) is 6.07. The van der Waals surface area contributed by atoms with Gasteiger partial charge in [-0.1, -0.05) is 17.7 Å². The zero-order valence-corrected chi connectivity index (χ0v) is 12.2. The van der Waals surface area contributed by atoms with E-state index in [2.05, 4.69) is 31.5 Å². The number of hydrogen-bond acceptors (Lipinski definition) is 3. The molecule has 1 heterocycles.